The van der Waals surface area contributed by atoms with Crippen molar-refractivity contribution in [3.8, 4) is 5.75 Å². The molecule has 1 aromatic rings. The Hall–Kier alpha value is -1.04. The van der Waals surface area contributed by atoms with Gasteiger partial charge in [0.05, 0.1) is 17.3 Å². The largest absolute Gasteiger partial charge is 0.498 e. The van der Waals surface area contributed by atoms with Gasteiger partial charge in [-0.1, -0.05) is 12.1 Å². The lowest BCUT2D eigenvalue weighted by Crippen LogP contribution is -2.41. The Morgan fingerprint density at radius 3 is 2.33 bits per heavy atom. The molecule has 0 atom stereocenters. The molecule has 0 unspecified atom stereocenters. The molecular weight excluding hydrogens is 265 g/mol. The number of rotatable bonds is 4. The lowest BCUT2D eigenvalue weighted by Gasteiger charge is -2.32. The molecule has 0 bridgehead atoms. The molecule has 1 saturated heterocycles. The molecule has 21 heavy (non-hydrogen) atoms. The topological polar surface area (TPSA) is 53.7 Å². The zero-order valence-electron chi connectivity index (χ0n) is 13.3. The fourth-order valence-electron chi connectivity index (χ4n) is 2.46. The van der Waals surface area contributed by atoms with E-state index in [1.807, 2.05) is 18.2 Å². The van der Waals surface area contributed by atoms with Gasteiger partial charge in [-0.15, -0.1) is 0 Å². The predicted octanol–water partition coefficient (Wildman–Crippen LogP) is 1.99. The minimum absolute atomic E-state index is 0.333. The van der Waals surface area contributed by atoms with E-state index in [1.165, 1.54) is 0 Å². The van der Waals surface area contributed by atoms with Gasteiger partial charge in [-0.25, -0.2) is 0 Å². The van der Waals surface area contributed by atoms with Crippen LogP contribution in [0.5, 0.6) is 5.75 Å². The van der Waals surface area contributed by atoms with Crippen LogP contribution in [0.25, 0.3) is 0 Å². The molecule has 0 amide bonds. The smallest absolute Gasteiger partial charge is 0.491 e. The lowest BCUT2D eigenvalue weighted by molar-refractivity contribution is 0.00578. The van der Waals surface area contributed by atoms with E-state index in [4.69, 9.17) is 19.8 Å². The van der Waals surface area contributed by atoms with Gasteiger partial charge in [0.2, 0.25) is 0 Å². The van der Waals surface area contributed by atoms with Crippen LogP contribution in [0.4, 0.5) is 0 Å². The van der Waals surface area contributed by atoms with Crippen LogP contribution in [-0.2, 0) is 15.9 Å². The van der Waals surface area contributed by atoms with Gasteiger partial charge in [0, 0.05) is 12.0 Å². The normalized spacial score (nSPS) is 23.4. The van der Waals surface area contributed by atoms with Gasteiger partial charge < -0.3 is 19.8 Å². The molecule has 4 nitrogen and oxygen atoms in total. The molecule has 3 rings (SSSR count). The maximum atomic E-state index is 6.18. The Bertz CT molecular complexity index is 524. The van der Waals surface area contributed by atoms with E-state index < -0.39 is 7.12 Å². The zero-order chi connectivity index (χ0) is 15.3. The molecular formula is C16H24BNO3. The minimum Gasteiger partial charge on any atom is -0.491 e. The Morgan fingerprint density at radius 2 is 1.81 bits per heavy atom. The fraction of sp³-hybridized carbons (Fsp3) is 0.625. The highest BCUT2D eigenvalue weighted by Crippen LogP contribution is 2.38. The highest BCUT2D eigenvalue weighted by atomic mass is 16.7. The SMILES string of the molecule is CC1(C)OB(c2c(CN)cccc2OC2CC2)OC1(C)C. The summed E-state index contributed by atoms with van der Waals surface area (Å²) in [5.74, 6) is 0.846. The van der Waals surface area contributed by atoms with E-state index in [-0.39, 0.29) is 11.2 Å². The van der Waals surface area contributed by atoms with Gasteiger partial charge in [0.15, 0.2) is 0 Å². The molecule has 1 heterocycles. The van der Waals surface area contributed by atoms with Crippen molar-refractivity contribution >= 4 is 12.6 Å². The van der Waals surface area contributed by atoms with Crippen molar-refractivity contribution in [1.82, 2.24) is 0 Å². The Kier molecular flexibility index (Phi) is 3.55. The average molecular weight is 289 g/mol. The van der Waals surface area contributed by atoms with Gasteiger partial charge in [-0.2, -0.15) is 0 Å². The summed E-state index contributed by atoms with van der Waals surface area (Å²) in [4.78, 5) is 0. The molecule has 114 valence electrons. The second-order valence-corrected chi connectivity index (χ2v) is 6.94. The van der Waals surface area contributed by atoms with Gasteiger partial charge in [0.25, 0.3) is 0 Å². The molecule has 2 aliphatic rings. The Morgan fingerprint density at radius 1 is 1.19 bits per heavy atom. The van der Waals surface area contributed by atoms with Crippen LogP contribution >= 0.6 is 0 Å². The summed E-state index contributed by atoms with van der Waals surface area (Å²) in [6.07, 6.45) is 2.57. The van der Waals surface area contributed by atoms with Crippen LogP contribution in [0.15, 0.2) is 18.2 Å². The number of hydrogen-bond donors (Lipinski definition) is 1. The molecule has 0 spiro atoms. The fourth-order valence-corrected chi connectivity index (χ4v) is 2.46. The van der Waals surface area contributed by atoms with E-state index in [9.17, 15) is 0 Å². The van der Waals surface area contributed by atoms with Crippen molar-refractivity contribution in [2.45, 2.75) is 64.4 Å². The van der Waals surface area contributed by atoms with Gasteiger partial charge >= 0.3 is 7.12 Å². The number of benzene rings is 1. The minimum atomic E-state index is -0.427. The monoisotopic (exact) mass is 289 g/mol. The second kappa shape index (κ2) is 5.01. The maximum absolute atomic E-state index is 6.18. The predicted molar refractivity (Wildman–Crippen MR) is 83.7 cm³/mol. The first-order valence-corrected chi connectivity index (χ1v) is 7.68. The second-order valence-electron chi connectivity index (χ2n) is 6.94. The first kappa shape index (κ1) is 14.9. The molecule has 1 aromatic carbocycles. The molecule has 1 aliphatic heterocycles. The van der Waals surface area contributed by atoms with Crippen LogP contribution in [0.3, 0.4) is 0 Å². The maximum Gasteiger partial charge on any atom is 0.498 e. The molecule has 1 saturated carbocycles. The molecule has 2 N–H and O–H groups in total. The van der Waals surface area contributed by atoms with Gasteiger partial charge in [-0.3, -0.25) is 0 Å². The van der Waals surface area contributed by atoms with Gasteiger partial charge in [0.1, 0.15) is 5.75 Å². The third-order valence-corrected chi connectivity index (χ3v) is 4.68. The molecule has 2 fully saturated rings. The zero-order valence-corrected chi connectivity index (χ0v) is 13.3. The van der Waals surface area contributed by atoms with E-state index >= 15 is 0 Å². The highest BCUT2D eigenvalue weighted by molar-refractivity contribution is 6.63. The van der Waals surface area contributed by atoms with Gasteiger partial charge in [-0.05, 0) is 52.2 Å². The van der Waals surface area contributed by atoms with Crippen molar-refractivity contribution in [2.75, 3.05) is 0 Å². The third-order valence-electron chi connectivity index (χ3n) is 4.68. The summed E-state index contributed by atoms with van der Waals surface area (Å²) >= 11 is 0. The van der Waals surface area contributed by atoms with Crippen LogP contribution in [-0.4, -0.2) is 24.4 Å². The lowest BCUT2D eigenvalue weighted by atomic mass is 9.75. The highest BCUT2D eigenvalue weighted by Gasteiger charge is 2.53. The number of nitrogens with two attached hydrogens (primary N) is 1. The van der Waals surface area contributed by atoms with E-state index in [0.717, 1.165) is 29.6 Å². The Labute approximate surface area is 127 Å². The molecule has 0 radical (unpaired) electrons. The van der Waals surface area contributed by atoms with E-state index in [1.54, 1.807) is 0 Å². The molecule has 1 aliphatic carbocycles. The van der Waals surface area contributed by atoms with Crippen LogP contribution in [0.2, 0.25) is 0 Å². The first-order chi connectivity index (χ1) is 9.84. The Balaban J connectivity index is 1.97. The summed E-state index contributed by atoms with van der Waals surface area (Å²) in [7, 11) is -0.427. The van der Waals surface area contributed by atoms with Crippen molar-refractivity contribution < 1.29 is 14.0 Å². The van der Waals surface area contributed by atoms with E-state index in [2.05, 4.69) is 27.7 Å². The van der Waals surface area contributed by atoms with Crippen LogP contribution in [0, 0.1) is 0 Å². The van der Waals surface area contributed by atoms with E-state index in [0.29, 0.717) is 12.6 Å². The average Bonchev–Trinajstić information content (AvgIpc) is 3.17. The summed E-state index contributed by atoms with van der Waals surface area (Å²) in [6, 6.07) is 5.98. The van der Waals surface area contributed by atoms with Crippen molar-refractivity contribution in [3.05, 3.63) is 23.8 Å². The standard InChI is InChI=1S/C16H24BNO3/c1-15(2)16(3,4)21-17(20-15)14-11(10-18)6-5-7-13(14)19-12-8-9-12/h5-7,12H,8-10,18H2,1-4H3. The summed E-state index contributed by atoms with van der Waals surface area (Å²) in [6.45, 7) is 8.67. The third kappa shape index (κ3) is 2.70. The number of hydrogen-bond acceptors (Lipinski definition) is 4. The van der Waals surface area contributed by atoms with Crippen LogP contribution in [0.1, 0.15) is 46.1 Å². The summed E-state index contributed by atoms with van der Waals surface area (Å²) in [5.41, 5.74) is 7.14. The quantitative estimate of drug-likeness (QED) is 0.861. The van der Waals surface area contributed by atoms with Crippen LogP contribution < -0.4 is 15.9 Å². The van der Waals surface area contributed by atoms with Crippen molar-refractivity contribution in [2.24, 2.45) is 5.73 Å². The van der Waals surface area contributed by atoms with Crippen molar-refractivity contribution in [3.63, 3.8) is 0 Å². The van der Waals surface area contributed by atoms with Crippen molar-refractivity contribution in [1.29, 1.82) is 0 Å². The summed E-state index contributed by atoms with van der Waals surface area (Å²) in [5, 5.41) is 0. The first-order valence-electron chi connectivity index (χ1n) is 7.68. The number of ether oxygens (including phenoxy) is 1. The summed E-state index contributed by atoms with van der Waals surface area (Å²) < 4.78 is 18.4. The molecule has 5 heteroatoms. The molecule has 0 aromatic heterocycles.